The number of carbonyl (C=O) groups is 1. The van der Waals surface area contributed by atoms with E-state index >= 15 is 0 Å². The monoisotopic (exact) mass is 508 g/mol. The molecular weight excluding hydrogens is 483 g/mol. The van der Waals surface area contributed by atoms with Crippen LogP contribution in [-0.2, 0) is 17.7 Å². The molecular formula is C25H25FN6O3S. The van der Waals surface area contributed by atoms with Crippen molar-refractivity contribution in [2.75, 3.05) is 30.0 Å². The van der Waals surface area contributed by atoms with Gasteiger partial charge >= 0.3 is 6.09 Å². The second-order valence-corrected chi connectivity index (χ2v) is 10.0. The number of aryl methyl sites for hydroxylation is 2. The van der Waals surface area contributed by atoms with E-state index < -0.39 is 5.82 Å². The average molecular weight is 509 g/mol. The Hall–Kier alpha value is -3.86. The van der Waals surface area contributed by atoms with Crippen molar-refractivity contribution in [2.45, 2.75) is 25.1 Å². The molecule has 1 unspecified atom stereocenters. The van der Waals surface area contributed by atoms with Gasteiger partial charge in [-0.05, 0) is 37.1 Å². The first-order valence-corrected chi connectivity index (χ1v) is 12.4. The largest absolute Gasteiger partial charge is 0.508 e. The molecule has 1 aliphatic rings. The molecule has 1 aliphatic heterocycles. The Balaban J connectivity index is 1.38. The number of nitrogens with two attached hydrogens (primary N) is 1. The molecule has 2 aromatic carbocycles. The van der Waals surface area contributed by atoms with Crippen LogP contribution in [0, 0.1) is 12.7 Å². The summed E-state index contributed by atoms with van der Waals surface area (Å²) < 4.78 is 20.7. The number of aromatic hydroxyl groups is 1. The van der Waals surface area contributed by atoms with Crippen molar-refractivity contribution in [3.63, 3.8) is 0 Å². The Labute approximate surface area is 211 Å². The van der Waals surface area contributed by atoms with Gasteiger partial charge in [0.05, 0.1) is 24.7 Å². The van der Waals surface area contributed by atoms with Crippen LogP contribution in [0.1, 0.15) is 11.1 Å². The molecule has 36 heavy (non-hydrogen) atoms. The number of nitrogens with zero attached hydrogens (tertiary/aromatic N) is 5. The maximum atomic E-state index is 14.0. The molecule has 0 spiro atoms. The van der Waals surface area contributed by atoms with Gasteiger partial charge in [0.25, 0.3) is 0 Å². The number of hydrogen-bond acceptors (Lipinski definition) is 8. The highest BCUT2D eigenvalue weighted by atomic mass is 32.2. The van der Waals surface area contributed by atoms with Gasteiger partial charge in [-0.1, -0.05) is 17.7 Å². The van der Waals surface area contributed by atoms with Gasteiger partial charge in [-0.2, -0.15) is 16.9 Å². The SMILES string of the molecule is COC(=O)N1CC(SCCn2nc(-c3cc(O)cc(F)c3)c3c(N)ncnc32)Cc2cc(C)ccc21. The summed E-state index contributed by atoms with van der Waals surface area (Å²) in [5, 5.41) is 15.2. The Bertz CT molecular complexity index is 1440. The van der Waals surface area contributed by atoms with Gasteiger partial charge in [-0.15, -0.1) is 0 Å². The maximum Gasteiger partial charge on any atom is 0.414 e. The Morgan fingerprint density at radius 1 is 1.28 bits per heavy atom. The van der Waals surface area contributed by atoms with Crippen molar-refractivity contribution < 1.29 is 19.0 Å². The number of thioether (sulfide) groups is 1. The molecule has 3 N–H and O–H groups in total. The number of hydrogen-bond donors (Lipinski definition) is 2. The third kappa shape index (κ3) is 4.53. The first kappa shape index (κ1) is 23.9. The predicted octanol–water partition coefficient (Wildman–Crippen LogP) is 4.16. The molecule has 1 atom stereocenters. The van der Waals surface area contributed by atoms with Crippen LogP contribution in [0.3, 0.4) is 0 Å². The van der Waals surface area contributed by atoms with Crippen molar-refractivity contribution in [2.24, 2.45) is 0 Å². The van der Waals surface area contributed by atoms with Gasteiger partial charge in [0.15, 0.2) is 5.65 Å². The lowest BCUT2D eigenvalue weighted by Gasteiger charge is -2.33. The van der Waals surface area contributed by atoms with Crippen LogP contribution < -0.4 is 10.6 Å². The summed E-state index contributed by atoms with van der Waals surface area (Å²) >= 11 is 1.73. The molecule has 3 heterocycles. The Morgan fingerprint density at radius 3 is 2.89 bits per heavy atom. The fourth-order valence-electron chi connectivity index (χ4n) is 4.55. The van der Waals surface area contributed by atoms with Crippen LogP contribution in [0.2, 0.25) is 0 Å². The zero-order valence-electron chi connectivity index (χ0n) is 19.8. The fourth-order valence-corrected chi connectivity index (χ4v) is 5.72. The highest BCUT2D eigenvalue weighted by Crippen LogP contribution is 2.35. The van der Waals surface area contributed by atoms with Gasteiger partial charge in [0.1, 0.15) is 29.4 Å². The fraction of sp³-hybridized carbons (Fsp3) is 0.280. The maximum absolute atomic E-state index is 14.0. The number of benzene rings is 2. The molecule has 5 rings (SSSR count). The lowest BCUT2D eigenvalue weighted by atomic mass is 9.99. The molecule has 11 heteroatoms. The average Bonchev–Trinajstić information content (AvgIpc) is 3.22. The first-order chi connectivity index (χ1) is 17.3. The molecule has 0 saturated carbocycles. The minimum Gasteiger partial charge on any atom is -0.508 e. The van der Waals surface area contributed by atoms with Crippen LogP contribution in [-0.4, -0.2) is 55.6 Å². The summed E-state index contributed by atoms with van der Waals surface area (Å²) in [5.41, 5.74) is 10.6. The summed E-state index contributed by atoms with van der Waals surface area (Å²) in [6.45, 7) is 3.08. The zero-order valence-corrected chi connectivity index (χ0v) is 20.6. The van der Waals surface area contributed by atoms with Crippen molar-refractivity contribution in [1.29, 1.82) is 0 Å². The Kier molecular flexibility index (Phi) is 6.40. The molecule has 0 radical (unpaired) electrons. The predicted molar refractivity (Wildman–Crippen MR) is 138 cm³/mol. The minimum absolute atomic E-state index is 0.166. The van der Waals surface area contributed by atoms with Gasteiger partial charge in [0.2, 0.25) is 0 Å². The smallest absolute Gasteiger partial charge is 0.414 e. The van der Waals surface area contributed by atoms with Crippen LogP contribution in [0.25, 0.3) is 22.3 Å². The van der Waals surface area contributed by atoms with E-state index in [4.69, 9.17) is 10.5 Å². The minimum atomic E-state index is -0.582. The van der Waals surface area contributed by atoms with E-state index in [1.165, 1.54) is 25.6 Å². The number of carbonyl (C=O) groups excluding carboxylic acids is 1. The van der Waals surface area contributed by atoms with E-state index in [9.17, 15) is 14.3 Å². The van der Waals surface area contributed by atoms with E-state index in [1.54, 1.807) is 21.3 Å². The summed E-state index contributed by atoms with van der Waals surface area (Å²) in [7, 11) is 1.39. The lowest BCUT2D eigenvalue weighted by Crippen LogP contribution is -2.41. The number of fused-ring (bicyclic) bond motifs is 2. The van der Waals surface area contributed by atoms with Gasteiger partial charge in [-0.3, -0.25) is 4.90 Å². The summed E-state index contributed by atoms with van der Waals surface area (Å²) in [5.74, 6) is 0.129. The number of phenols is 1. The molecule has 0 fully saturated rings. The van der Waals surface area contributed by atoms with Crippen LogP contribution >= 0.6 is 11.8 Å². The van der Waals surface area contributed by atoms with E-state index in [-0.39, 0.29) is 22.9 Å². The Morgan fingerprint density at radius 2 is 2.11 bits per heavy atom. The number of nitrogen functional groups attached to an aromatic ring is 1. The third-order valence-corrected chi connectivity index (χ3v) is 7.33. The summed E-state index contributed by atoms with van der Waals surface area (Å²) in [6, 6.07) is 9.82. The molecule has 9 nitrogen and oxygen atoms in total. The van der Waals surface area contributed by atoms with E-state index in [2.05, 4.69) is 21.1 Å². The quantitative estimate of drug-likeness (QED) is 0.412. The number of ether oxygens (including phenoxy) is 1. The lowest BCUT2D eigenvalue weighted by molar-refractivity contribution is 0.178. The summed E-state index contributed by atoms with van der Waals surface area (Å²) in [6.07, 6.45) is 1.82. The normalized spacial score (nSPS) is 15.2. The highest BCUT2D eigenvalue weighted by molar-refractivity contribution is 7.99. The van der Waals surface area contributed by atoms with E-state index in [0.29, 0.717) is 41.1 Å². The van der Waals surface area contributed by atoms with Gasteiger partial charge in [-0.25, -0.2) is 23.8 Å². The second-order valence-electron chi connectivity index (χ2n) is 8.64. The van der Waals surface area contributed by atoms with Crippen LogP contribution in [0.15, 0.2) is 42.7 Å². The third-order valence-electron chi connectivity index (χ3n) is 6.13. The van der Waals surface area contributed by atoms with Crippen LogP contribution in [0.5, 0.6) is 5.75 Å². The topological polar surface area (TPSA) is 119 Å². The number of anilines is 2. The zero-order chi connectivity index (χ0) is 25.4. The number of methoxy groups -OCH3 is 1. The van der Waals surface area contributed by atoms with Crippen LogP contribution in [0.4, 0.5) is 20.7 Å². The van der Waals surface area contributed by atoms with Crippen molar-refractivity contribution in [3.8, 4) is 17.0 Å². The van der Waals surface area contributed by atoms with Gasteiger partial charge < -0.3 is 15.6 Å². The standard InChI is InChI=1S/C25H25FN6O3S/c1-14-3-4-20-15(7-14)10-19(12-31(20)25(34)35-2)36-6-5-32-24-21(23(27)28-13-29-24)22(30-32)16-8-17(26)11-18(33)9-16/h3-4,7-9,11,13,19,33H,5-6,10,12H2,1-2H3,(H2,27,28,29). The highest BCUT2D eigenvalue weighted by Gasteiger charge is 2.29. The number of phenolic OH excluding ortho intramolecular Hbond substituents is 1. The molecule has 186 valence electrons. The molecule has 0 saturated heterocycles. The molecule has 2 aromatic heterocycles. The summed E-state index contributed by atoms with van der Waals surface area (Å²) in [4.78, 5) is 22.5. The first-order valence-electron chi connectivity index (χ1n) is 11.4. The number of amides is 1. The molecule has 1 amide bonds. The van der Waals surface area contributed by atoms with Crippen molar-refractivity contribution >= 4 is 40.4 Å². The van der Waals surface area contributed by atoms with E-state index in [0.717, 1.165) is 29.3 Å². The number of rotatable bonds is 5. The van der Waals surface area contributed by atoms with Gasteiger partial charge in [0, 0.05) is 29.2 Å². The second kappa shape index (κ2) is 9.65. The van der Waals surface area contributed by atoms with E-state index in [1.807, 2.05) is 19.1 Å². The molecule has 0 bridgehead atoms. The van der Waals surface area contributed by atoms with Crippen molar-refractivity contribution in [1.82, 2.24) is 19.7 Å². The van der Waals surface area contributed by atoms with Crippen molar-refractivity contribution in [3.05, 3.63) is 59.7 Å². The number of aromatic nitrogens is 4. The number of halogens is 1. The molecule has 4 aromatic rings. The molecule has 0 aliphatic carbocycles.